The summed E-state index contributed by atoms with van der Waals surface area (Å²) in [4.78, 5) is 4.10. The highest BCUT2D eigenvalue weighted by molar-refractivity contribution is 5.60. The molecule has 0 saturated heterocycles. The predicted octanol–water partition coefficient (Wildman–Crippen LogP) is 3.81. The summed E-state index contributed by atoms with van der Waals surface area (Å²) in [7, 11) is 0. The molecule has 3 rings (SSSR count). The van der Waals surface area contributed by atoms with Crippen molar-refractivity contribution in [1.29, 1.82) is 0 Å². The minimum Gasteiger partial charge on any atom is -0.507 e. The van der Waals surface area contributed by atoms with Crippen LogP contribution in [0.5, 0.6) is 11.5 Å². The second-order valence-electron chi connectivity index (χ2n) is 7.08. The van der Waals surface area contributed by atoms with Crippen LogP contribution in [0.15, 0.2) is 18.7 Å². The Kier molecular flexibility index (Phi) is 4.09. The van der Waals surface area contributed by atoms with Crippen LogP contribution in [0, 0.1) is 6.92 Å². The highest BCUT2D eigenvalue weighted by Gasteiger charge is 2.35. The normalized spacial score (nSPS) is 15.5. The van der Waals surface area contributed by atoms with Crippen molar-refractivity contribution >= 4 is 0 Å². The van der Waals surface area contributed by atoms with Gasteiger partial charge in [0.15, 0.2) is 0 Å². The lowest BCUT2D eigenvalue weighted by molar-refractivity contribution is 0.137. The van der Waals surface area contributed by atoms with Crippen LogP contribution in [0.4, 0.5) is 0 Å². The number of ether oxygens (including phenoxy) is 1. The standard InChI is InChI=1S/C19H26N2O2/c1-5-6-14-15(7-9-21-10-8-20-12-21)18-16(13(2)17(14)22)11-19(3,4)23-18/h8,10,12,22H,5-7,9,11H2,1-4H3. The number of fused-ring (bicyclic) bond motifs is 1. The number of nitrogens with zero attached hydrogens (tertiary/aromatic N) is 2. The molecule has 0 spiro atoms. The van der Waals surface area contributed by atoms with Gasteiger partial charge in [0.05, 0.1) is 6.33 Å². The Morgan fingerprint density at radius 3 is 2.74 bits per heavy atom. The lowest BCUT2D eigenvalue weighted by Gasteiger charge is -2.20. The van der Waals surface area contributed by atoms with Gasteiger partial charge in [-0.1, -0.05) is 13.3 Å². The number of benzene rings is 1. The topological polar surface area (TPSA) is 47.3 Å². The second kappa shape index (κ2) is 5.91. The zero-order valence-corrected chi connectivity index (χ0v) is 14.5. The molecular weight excluding hydrogens is 288 g/mol. The van der Waals surface area contributed by atoms with E-state index in [1.165, 1.54) is 11.1 Å². The number of hydrogen-bond acceptors (Lipinski definition) is 3. The van der Waals surface area contributed by atoms with Crippen molar-refractivity contribution in [2.75, 3.05) is 0 Å². The van der Waals surface area contributed by atoms with E-state index >= 15 is 0 Å². The lowest BCUT2D eigenvalue weighted by atomic mass is 9.89. The van der Waals surface area contributed by atoms with E-state index < -0.39 is 0 Å². The van der Waals surface area contributed by atoms with Crippen LogP contribution >= 0.6 is 0 Å². The number of aromatic hydroxyl groups is 1. The van der Waals surface area contributed by atoms with E-state index in [-0.39, 0.29) is 5.60 Å². The number of rotatable bonds is 5. The van der Waals surface area contributed by atoms with E-state index in [1.54, 1.807) is 6.20 Å². The molecule has 0 bridgehead atoms. The van der Waals surface area contributed by atoms with E-state index in [2.05, 4.69) is 30.3 Å². The number of hydrogen-bond donors (Lipinski definition) is 1. The number of phenolic OH excluding ortho intramolecular Hbond substituents is 1. The van der Waals surface area contributed by atoms with Gasteiger partial charge in [0.1, 0.15) is 17.1 Å². The van der Waals surface area contributed by atoms with Gasteiger partial charge in [-0.2, -0.15) is 0 Å². The smallest absolute Gasteiger partial charge is 0.127 e. The van der Waals surface area contributed by atoms with Crippen LogP contribution in [0.3, 0.4) is 0 Å². The molecular formula is C19H26N2O2. The van der Waals surface area contributed by atoms with Crippen molar-refractivity contribution in [3.8, 4) is 11.5 Å². The van der Waals surface area contributed by atoms with Crippen molar-refractivity contribution in [1.82, 2.24) is 9.55 Å². The average molecular weight is 314 g/mol. The Labute approximate surface area is 138 Å². The summed E-state index contributed by atoms with van der Waals surface area (Å²) in [5.74, 6) is 1.47. The van der Waals surface area contributed by atoms with Crippen LogP contribution in [-0.4, -0.2) is 20.3 Å². The van der Waals surface area contributed by atoms with Crippen LogP contribution in [-0.2, 0) is 25.8 Å². The maximum Gasteiger partial charge on any atom is 0.127 e. The fraction of sp³-hybridized carbons (Fsp3) is 0.526. The molecule has 1 N–H and O–H groups in total. The van der Waals surface area contributed by atoms with Crippen molar-refractivity contribution < 1.29 is 9.84 Å². The zero-order chi connectivity index (χ0) is 16.6. The Morgan fingerprint density at radius 1 is 1.30 bits per heavy atom. The van der Waals surface area contributed by atoms with E-state index in [4.69, 9.17) is 4.74 Å². The third kappa shape index (κ3) is 2.94. The molecule has 0 radical (unpaired) electrons. The molecule has 1 aromatic carbocycles. The van der Waals surface area contributed by atoms with Crippen LogP contribution < -0.4 is 4.74 Å². The fourth-order valence-electron chi connectivity index (χ4n) is 3.52. The van der Waals surface area contributed by atoms with E-state index in [0.29, 0.717) is 5.75 Å². The Hall–Kier alpha value is -1.97. The van der Waals surface area contributed by atoms with Crippen molar-refractivity contribution in [2.24, 2.45) is 0 Å². The quantitative estimate of drug-likeness (QED) is 0.913. The number of aromatic nitrogens is 2. The number of aryl methyl sites for hydroxylation is 1. The summed E-state index contributed by atoms with van der Waals surface area (Å²) in [6, 6.07) is 0. The van der Waals surface area contributed by atoms with E-state index in [0.717, 1.165) is 49.1 Å². The third-order valence-corrected chi connectivity index (χ3v) is 4.67. The summed E-state index contributed by atoms with van der Waals surface area (Å²) in [5, 5.41) is 10.7. The molecule has 2 aromatic rings. The van der Waals surface area contributed by atoms with E-state index in [9.17, 15) is 5.11 Å². The first-order valence-corrected chi connectivity index (χ1v) is 8.44. The van der Waals surface area contributed by atoms with Gasteiger partial charge in [-0.3, -0.25) is 0 Å². The first kappa shape index (κ1) is 15.9. The molecule has 2 heterocycles. The molecule has 0 aliphatic carbocycles. The highest BCUT2D eigenvalue weighted by Crippen LogP contribution is 2.46. The SMILES string of the molecule is CCCc1c(O)c(C)c2c(c1CCn1ccnc1)OC(C)(C)C2. The minimum absolute atomic E-state index is 0.200. The Morgan fingerprint density at radius 2 is 2.09 bits per heavy atom. The van der Waals surface area contributed by atoms with Crippen LogP contribution in [0.25, 0.3) is 0 Å². The third-order valence-electron chi connectivity index (χ3n) is 4.67. The van der Waals surface area contributed by atoms with Gasteiger partial charge in [-0.15, -0.1) is 0 Å². The molecule has 1 aliphatic heterocycles. The van der Waals surface area contributed by atoms with Gasteiger partial charge in [0.25, 0.3) is 0 Å². The molecule has 0 saturated carbocycles. The van der Waals surface area contributed by atoms with Gasteiger partial charge in [-0.05, 0) is 39.2 Å². The van der Waals surface area contributed by atoms with Gasteiger partial charge < -0.3 is 14.4 Å². The molecule has 0 unspecified atom stereocenters. The zero-order valence-electron chi connectivity index (χ0n) is 14.5. The first-order chi connectivity index (χ1) is 10.9. The second-order valence-corrected chi connectivity index (χ2v) is 7.08. The van der Waals surface area contributed by atoms with Gasteiger partial charge >= 0.3 is 0 Å². The largest absolute Gasteiger partial charge is 0.507 e. The summed E-state index contributed by atoms with van der Waals surface area (Å²) >= 11 is 0. The molecule has 4 heteroatoms. The number of phenols is 1. The summed E-state index contributed by atoms with van der Waals surface area (Å²) in [6.07, 6.45) is 9.18. The molecule has 124 valence electrons. The summed E-state index contributed by atoms with van der Waals surface area (Å²) in [6.45, 7) is 9.23. The lowest BCUT2D eigenvalue weighted by Crippen LogP contribution is -2.25. The highest BCUT2D eigenvalue weighted by atomic mass is 16.5. The van der Waals surface area contributed by atoms with Gasteiger partial charge in [0.2, 0.25) is 0 Å². The van der Waals surface area contributed by atoms with Gasteiger partial charge in [0, 0.05) is 42.0 Å². The Bertz CT molecular complexity index is 703. The van der Waals surface area contributed by atoms with Crippen molar-refractivity contribution in [3.63, 3.8) is 0 Å². The first-order valence-electron chi connectivity index (χ1n) is 8.44. The number of imidazole rings is 1. The van der Waals surface area contributed by atoms with Crippen LogP contribution in [0.2, 0.25) is 0 Å². The van der Waals surface area contributed by atoms with Crippen molar-refractivity contribution in [3.05, 3.63) is 41.0 Å². The van der Waals surface area contributed by atoms with E-state index in [1.807, 2.05) is 19.4 Å². The maximum atomic E-state index is 10.7. The summed E-state index contributed by atoms with van der Waals surface area (Å²) in [5.41, 5.74) is 4.19. The molecule has 0 fully saturated rings. The Balaban J connectivity index is 2.04. The van der Waals surface area contributed by atoms with Crippen molar-refractivity contribution in [2.45, 2.75) is 65.5 Å². The van der Waals surface area contributed by atoms with Gasteiger partial charge in [-0.25, -0.2) is 4.98 Å². The van der Waals surface area contributed by atoms with Crippen LogP contribution in [0.1, 0.15) is 49.4 Å². The molecule has 1 aromatic heterocycles. The predicted molar refractivity (Wildman–Crippen MR) is 91.2 cm³/mol. The molecule has 0 amide bonds. The molecule has 0 atom stereocenters. The fourth-order valence-corrected chi connectivity index (χ4v) is 3.52. The minimum atomic E-state index is -0.200. The molecule has 23 heavy (non-hydrogen) atoms. The molecule has 1 aliphatic rings. The monoisotopic (exact) mass is 314 g/mol. The molecule has 4 nitrogen and oxygen atoms in total. The maximum absolute atomic E-state index is 10.7. The average Bonchev–Trinajstić information content (AvgIpc) is 3.11. The summed E-state index contributed by atoms with van der Waals surface area (Å²) < 4.78 is 8.35.